The van der Waals surface area contributed by atoms with Crippen LogP contribution in [0.25, 0.3) is 0 Å². The molecule has 0 aliphatic carbocycles. The van der Waals surface area contributed by atoms with Crippen molar-refractivity contribution in [3.05, 3.63) is 10.6 Å². The molecular weight excluding hydrogens is 243 g/mol. The SMILES string of the molecule is Cc1sc(N)nc1C(=O)OCP(=O)(O)O. The maximum absolute atomic E-state index is 11.2. The van der Waals surface area contributed by atoms with Crippen LogP contribution in [0.2, 0.25) is 0 Å². The summed E-state index contributed by atoms with van der Waals surface area (Å²) in [7, 11) is -4.35. The molecule has 4 N–H and O–H groups in total. The van der Waals surface area contributed by atoms with Gasteiger partial charge in [0.15, 0.2) is 17.2 Å². The summed E-state index contributed by atoms with van der Waals surface area (Å²) in [5.74, 6) is -0.885. The van der Waals surface area contributed by atoms with Crippen molar-refractivity contribution < 1.29 is 23.9 Å². The molecule has 15 heavy (non-hydrogen) atoms. The lowest BCUT2D eigenvalue weighted by molar-refractivity contribution is 0.0543. The molecule has 84 valence electrons. The third-order valence-corrected chi connectivity index (χ3v) is 2.64. The van der Waals surface area contributed by atoms with Crippen molar-refractivity contribution >= 4 is 30.0 Å². The van der Waals surface area contributed by atoms with Crippen LogP contribution in [0.5, 0.6) is 0 Å². The Balaban J connectivity index is 2.70. The van der Waals surface area contributed by atoms with Gasteiger partial charge in [0.1, 0.15) is 0 Å². The summed E-state index contributed by atoms with van der Waals surface area (Å²) in [6.45, 7) is 1.61. The van der Waals surface area contributed by atoms with Crippen molar-refractivity contribution in [2.24, 2.45) is 0 Å². The maximum Gasteiger partial charge on any atom is 0.362 e. The molecule has 0 aromatic carbocycles. The van der Waals surface area contributed by atoms with E-state index in [1.165, 1.54) is 0 Å². The lowest BCUT2D eigenvalue weighted by atomic mass is 10.4. The van der Waals surface area contributed by atoms with E-state index in [1.54, 1.807) is 6.92 Å². The van der Waals surface area contributed by atoms with E-state index in [4.69, 9.17) is 15.5 Å². The molecule has 0 radical (unpaired) electrons. The van der Waals surface area contributed by atoms with Crippen LogP contribution in [0.3, 0.4) is 0 Å². The quantitative estimate of drug-likeness (QED) is 0.523. The second-order valence-corrected chi connectivity index (χ2v) is 5.50. The zero-order chi connectivity index (χ0) is 11.6. The van der Waals surface area contributed by atoms with E-state index in [1.807, 2.05) is 0 Å². The molecule has 1 heterocycles. The summed E-state index contributed by atoms with van der Waals surface area (Å²) in [6.07, 6.45) is -0.956. The molecule has 0 saturated heterocycles. The van der Waals surface area contributed by atoms with Crippen LogP contribution in [-0.4, -0.2) is 27.1 Å². The smallest absolute Gasteiger partial charge is 0.362 e. The van der Waals surface area contributed by atoms with Gasteiger partial charge in [0.05, 0.1) is 0 Å². The third kappa shape index (κ3) is 3.60. The summed E-state index contributed by atoms with van der Waals surface area (Å²) in [5, 5.41) is 0.204. The van der Waals surface area contributed by atoms with Gasteiger partial charge in [0.25, 0.3) is 0 Å². The minimum atomic E-state index is -4.35. The largest absolute Gasteiger partial charge is 0.448 e. The predicted molar refractivity (Wildman–Crippen MR) is 53.6 cm³/mol. The fourth-order valence-corrected chi connectivity index (χ4v) is 1.78. The molecule has 9 heteroatoms. The van der Waals surface area contributed by atoms with Gasteiger partial charge < -0.3 is 20.3 Å². The molecule has 0 amide bonds. The number of nitrogens with zero attached hydrogens (tertiary/aromatic N) is 1. The zero-order valence-corrected chi connectivity index (χ0v) is 9.42. The van der Waals surface area contributed by atoms with Crippen LogP contribution >= 0.6 is 18.9 Å². The van der Waals surface area contributed by atoms with Crippen molar-refractivity contribution in [2.45, 2.75) is 6.92 Å². The highest BCUT2D eigenvalue weighted by atomic mass is 32.1. The van der Waals surface area contributed by atoms with Gasteiger partial charge in [-0.25, -0.2) is 9.78 Å². The second-order valence-electron chi connectivity index (χ2n) is 2.68. The molecule has 1 rings (SSSR count). The molecule has 1 aromatic heterocycles. The van der Waals surface area contributed by atoms with E-state index in [0.29, 0.717) is 4.88 Å². The van der Waals surface area contributed by atoms with Gasteiger partial charge in [-0.15, -0.1) is 11.3 Å². The molecule has 0 fully saturated rings. The molecule has 7 nitrogen and oxygen atoms in total. The highest BCUT2D eigenvalue weighted by Gasteiger charge is 2.20. The van der Waals surface area contributed by atoms with Crippen molar-refractivity contribution in [1.29, 1.82) is 0 Å². The first kappa shape index (κ1) is 12.1. The Morgan fingerprint density at radius 2 is 2.27 bits per heavy atom. The number of carbonyl (C=O) groups is 1. The summed E-state index contributed by atoms with van der Waals surface area (Å²) in [6, 6.07) is 0. The van der Waals surface area contributed by atoms with Gasteiger partial charge in [-0.1, -0.05) is 0 Å². The Kier molecular flexibility index (Phi) is 3.46. The number of hydrogen-bond donors (Lipinski definition) is 3. The normalized spacial score (nSPS) is 11.4. The summed E-state index contributed by atoms with van der Waals surface area (Å²) in [4.78, 5) is 32.4. The van der Waals surface area contributed by atoms with Gasteiger partial charge >= 0.3 is 13.6 Å². The van der Waals surface area contributed by atoms with Crippen LogP contribution in [0.15, 0.2) is 0 Å². The average Bonchev–Trinajstić information content (AvgIpc) is 2.40. The number of aromatic nitrogens is 1. The van der Waals surface area contributed by atoms with Crippen molar-refractivity contribution in [3.63, 3.8) is 0 Å². The van der Waals surface area contributed by atoms with Crippen LogP contribution in [0.4, 0.5) is 5.13 Å². The highest BCUT2D eigenvalue weighted by molar-refractivity contribution is 7.51. The van der Waals surface area contributed by atoms with E-state index in [9.17, 15) is 9.36 Å². The minimum Gasteiger partial charge on any atom is -0.448 e. The summed E-state index contributed by atoms with van der Waals surface area (Å²) >= 11 is 1.10. The maximum atomic E-state index is 11.2. The van der Waals surface area contributed by atoms with E-state index in [2.05, 4.69) is 9.72 Å². The lowest BCUT2D eigenvalue weighted by Crippen LogP contribution is -2.08. The number of carbonyl (C=O) groups excluding carboxylic acids is 1. The van der Waals surface area contributed by atoms with Crippen molar-refractivity contribution in [2.75, 3.05) is 12.1 Å². The Morgan fingerprint density at radius 1 is 1.67 bits per heavy atom. The zero-order valence-electron chi connectivity index (χ0n) is 7.71. The number of anilines is 1. The Bertz CT molecular complexity index is 425. The number of rotatable bonds is 3. The Hall–Kier alpha value is -0.950. The first-order chi connectivity index (χ1) is 6.79. The number of aryl methyl sites for hydroxylation is 1. The van der Waals surface area contributed by atoms with Crippen molar-refractivity contribution in [3.8, 4) is 0 Å². The van der Waals surface area contributed by atoms with Crippen LogP contribution < -0.4 is 5.73 Å². The summed E-state index contributed by atoms with van der Waals surface area (Å²) in [5.41, 5.74) is 5.34. The average molecular weight is 252 g/mol. The van der Waals surface area contributed by atoms with E-state index >= 15 is 0 Å². The van der Waals surface area contributed by atoms with E-state index < -0.39 is 19.9 Å². The van der Waals surface area contributed by atoms with Gasteiger partial charge in [0, 0.05) is 4.88 Å². The Morgan fingerprint density at radius 3 is 2.67 bits per heavy atom. The van der Waals surface area contributed by atoms with Gasteiger partial charge in [-0.05, 0) is 6.92 Å². The molecule has 0 saturated carbocycles. The number of nitrogens with two attached hydrogens (primary N) is 1. The molecule has 1 aromatic rings. The first-order valence-corrected chi connectivity index (χ1v) is 6.35. The van der Waals surface area contributed by atoms with Gasteiger partial charge in [0.2, 0.25) is 0 Å². The topological polar surface area (TPSA) is 123 Å². The third-order valence-electron chi connectivity index (χ3n) is 1.37. The summed E-state index contributed by atoms with van der Waals surface area (Å²) < 4.78 is 14.8. The van der Waals surface area contributed by atoms with Crippen LogP contribution in [-0.2, 0) is 9.30 Å². The molecule has 0 bridgehead atoms. The van der Waals surface area contributed by atoms with E-state index in [-0.39, 0.29) is 10.8 Å². The highest BCUT2D eigenvalue weighted by Crippen LogP contribution is 2.34. The van der Waals surface area contributed by atoms with E-state index in [0.717, 1.165) is 11.3 Å². The predicted octanol–water partition coefficient (Wildman–Crippen LogP) is 0.326. The molecule has 0 spiro atoms. The first-order valence-electron chi connectivity index (χ1n) is 3.74. The number of thiazole rings is 1. The number of hydrogen-bond acceptors (Lipinski definition) is 6. The Labute approximate surface area is 89.1 Å². The van der Waals surface area contributed by atoms with Gasteiger partial charge in [-0.3, -0.25) is 4.57 Å². The molecule has 0 unspecified atom stereocenters. The second kappa shape index (κ2) is 4.28. The van der Waals surface area contributed by atoms with Gasteiger partial charge in [-0.2, -0.15) is 0 Å². The fourth-order valence-electron chi connectivity index (χ4n) is 0.817. The molecule has 0 atom stereocenters. The fraction of sp³-hybridized carbons (Fsp3) is 0.333. The number of esters is 1. The molecule has 0 aliphatic heterocycles. The number of ether oxygens (including phenoxy) is 1. The standard InChI is InChI=1S/C6H9N2O5PS/c1-3-4(8-6(7)15-3)5(9)13-2-14(10,11)12/h2H2,1H3,(H2,7,8)(H2,10,11,12). The molecule has 0 aliphatic rings. The van der Waals surface area contributed by atoms with Crippen molar-refractivity contribution in [1.82, 2.24) is 4.98 Å². The van der Waals surface area contributed by atoms with Crippen LogP contribution in [0.1, 0.15) is 15.4 Å². The molecular formula is C6H9N2O5PS. The minimum absolute atomic E-state index is 0.00838. The monoisotopic (exact) mass is 252 g/mol. The van der Waals surface area contributed by atoms with Crippen LogP contribution in [0, 0.1) is 6.92 Å². The lowest BCUT2D eigenvalue weighted by Gasteiger charge is -2.04. The number of nitrogen functional groups attached to an aromatic ring is 1.